The Morgan fingerprint density at radius 3 is 2.48 bits per heavy atom. The fraction of sp³-hybridized carbons (Fsp3) is 0.600. The van der Waals surface area contributed by atoms with Gasteiger partial charge in [0.25, 0.3) is 0 Å². The molecule has 118 valence electrons. The van der Waals surface area contributed by atoms with Crippen LogP contribution in [-0.4, -0.2) is 46.5 Å². The highest BCUT2D eigenvalue weighted by atomic mass is 32.2. The number of sulfonamides is 1. The zero-order valence-corrected chi connectivity index (χ0v) is 13.7. The Bertz CT molecular complexity index is 557. The smallest absolute Gasteiger partial charge is 0.242 e. The second-order valence-corrected chi connectivity index (χ2v) is 7.73. The highest BCUT2D eigenvalue weighted by molar-refractivity contribution is 7.89. The highest BCUT2D eigenvalue weighted by Gasteiger charge is 2.36. The molecule has 1 aromatic rings. The normalized spacial score (nSPS) is 21.5. The summed E-state index contributed by atoms with van der Waals surface area (Å²) in [5, 5.41) is 2.99. The van der Waals surface area contributed by atoms with Gasteiger partial charge in [0, 0.05) is 20.1 Å². The van der Waals surface area contributed by atoms with E-state index in [2.05, 4.69) is 12.2 Å². The molecule has 1 fully saturated rings. The summed E-state index contributed by atoms with van der Waals surface area (Å²) < 4.78 is 31.8. The molecule has 2 atom stereocenters. The Hall–Kier alpha value is -1.11. The van der Waals surface area contributed by atoms with Crippen molar-refractivity contribution >= 4 is 10.0 Å². The molecule has 1 N–H and O–H groups in total. The van der Waals surface area contributed by atoms with Crippen LogP contribution in [0.3, 0.4) is 0 Å². The van der Waals surface area contributed by atoms with E-state index in [0.29, 0.717) is 35.6 Å². The molecule has 2 unspecified atom stereocenters. The predicted octanol–water partition coefficient (Wildman–Crippen LogP) is 1.56. The molecule has 0 aromatic heterocycles. The molecule has 1 saturated carbocycles. The molecule has 0 spiro atoms. The Balaban J connectivity index is 1.99. The molecule has 21 heavy (non-hydrogen) atoms. The molecule has 2 rings (SSSR count). The molecule has 6 heteroatoms. The lowest BCUT2D eigenvalue weighted by Crippen LogP contribution is -2.29. The van der Waals surface area contributed by atoms with E-state index in [-0.39, 0.29) is 0 Å². The molecule has 0 radical (unpaired) electrons. The van der Waals surface area contributed by atoms with Crippen molar-refractivity contribution in [2.24, 2.45) is 11.8 Å². The molecule has 1 aliphatic rings. The van der Waals surface area contributed by atoms with Gasteiger partial charge in [-0.1, -0.05) is 6.92 Å². The summed E-state index contributed by atoms with van der Waals surface area (Å²) in [6.45, 7) is 4.07. The van der Waals surface area contributed by atoms with Crippen molar-refractivity contribution in [2.45, 2.75) is 18.2 Å². The van der Waals surface area contributed by atoms with Gasteiger partial charge in [-0.25, -0.2) is 12.7 Å². The average molecular weight is 312 g/mol. The predicted molar refractivity (Wildman–Crippen MR) is 83.0 cm³/mol. The van der Waals surface area contributed by atoms with Crippen LogP contribution in [0, 0.1) is 11.8 Å². The minimum absolute atomic E-state index is 0.319. The van der Waals surface area contributed by atoms with Crippen LogP contribution in [0.5, 0.6) is 5.75 Å². The van der Waals surface area contributed by atoms with E-state index in [1.54, 1.807) is 31.3 Å². The number of hydrogen-bond donors (Lipinski definition) is 1. The summed E-state index contributed by atoms with van der Waals surface area (Å²) in [5.41, 5.74) is 0. The second-order valence-electron chi connectivity index (χ2n) is 5.68. The largest absolute Gasteiger partial charge is 0.492 e. The van der Waals surface area contributed by atoms with Crippen molar-refractivity contribution in [3.63, 3.8) is 0 Å². The molecular formula is C15H24N2O3S. The quantitative estimate of drug-likeness (QED) is 0.740. The monoisotopic (exact) mass is 312 g/mol. The number of likely N-dealkylation sites (N-methyl/N-ethyl adjacent to an activating group) is 1. The molecule has 0 saturated heterocycles. The highest BCUT2D eigenvalue weighted by Crippen LogP contribution is 2.38. The number of benzene rings is 1. The van der Waals surface area contributed by atoms with Crippen molar-refractivity contribution in [2.75, 3.05) is 33.8 Å². The fourth-order valence-corrected chi connectivity index (χ4v) is 3.47. The van der Waals surface area contributed by atoms with Crippen molar-refractivity contribution in [1.82, 2.24) is 9.62 Å². The van der Waals surface area contributed by atoms with E-state index in [9.17, 15) is 8.42 Å². The maximum atomic E-state index is 12.4. The van der Waals surface area contributed by atoms with E-state index >= 15 is 0 Å². The van der Waals surface area contributed by atoms with Crippen LogP contribution in [0.1, 0.15) is 13.3 Å². The third-order valence-corrected chi connectivity index (χ3v) is 5.76. The van der Waals surface area contributed by atoms with Gasteiger partial charge >= 0.3 is 0 Å². The van der Waals surface area contributed by atoms with Gasteiger partial charge in [-0.15, -0.1) is 0 Å². The number of ether oxygens (including phenoxy) is 1. The summed E-state index contributed by atoms with van der Waals surface area (Å²) in [6.07, 6.45) is 1.12. The first kappa shape index (κ1) is 16.3. The number of nitrogens with one attached hydrogen (secondary N) is 1. The summed E-state index contributed by atoms with van der Waals surface area (Å²) >= 11 is 0. The third kappa shape index (κ3) is 4.18. The lowest BCUT2D eigenvalue weighted by atomic mass is 10.3. The van der Waals surface area contributed by atoms with Gasteiger partial charge in [0.1, 0.15) is 12.4 Å². The molecule has 0 amide bonds. The SMILES string of the molecule is CNCCOc1ccc(S(=O)(=O)N(C)CC2CC2C)cc1. The molecule has 1 aliphatic carbocycles. The molecule has 0 bridgehead atoms. The number of nitrogens with zero attached hydrogens (tertiary/aromatic N) is 1. The van der Waals surface area contributed by atoms with Crippen LogP contribution < -0.4 is 10.1 Å². The minimum Gasteiger partial charge on any atom is -0.492 e. The van der Waals surface area contributed by atoms with Crippen LogP contribution in [0.2, 0.25) is 0 Å². The summed E-state index contributed by atoms with van der Waals surface area (Å²) in [6, 6.07) is 6.63. The Kier molecular flexibility index (Phi) is 5.24. The van der Waals surface area contributed by atoms with Crippen LogP contribution in [0.25, 0.3) is 0 Å². The van der Waals surface area contributed by atoms with Crippen molar-refractivity contribution in [1.29, 1.82) is 0 Å². The van der Waals surface area contributed by atoms with Crippen LogP contribution in [0.15, 0.2) is 29.2 Å². The fourth-order valence-electron chi connectivity index (χ4n) is 2.24. The maximum absolute atomic E-state index is 12.4. The number of hydrogen-bond acceptors (Lipinski definition) is 4. The minimum atomic E-state index is -3.39. The van der Waals surface area contributed by atoms with E-state index in [1.807, 2.05) is 7.05 Å². The van der Waals surface area contributed by atoms with Gasteiger partial charge in [0.2, 0.25) is 10.0 Å². The maximum Gasteiger partial charge on any atom is 0.242 e. The standard InChI is InChI=1S/C15H24N2O3S/c1-12-10-13(12)11-17(3)21(18,19)15-6-4-14(5-7-15)20-9-8-16-2/h4-7,12-13,16H,8-11H2,1-3H3. The Morgan fingerprint density at radius 1 is 1.33 bits per heavy atom. The van der Waals surface area contributed by atoms with E-state index in [0.717, 1.165) is 13.0 Å². The summed E-state index contributed by atoms with van der Waals surface area (Å²) in [5.74, 6) is 1.84. The van der Waals surface area contributed by atoms with Gasteiger partial charge in [0.15, 0.2) is 0 Å². The first-order valence-corrected chi connectivity index (χ1v) is 8.73. The van der Waals surface area contributed by atoms with Gasteiger partial charge < -0.3 is 10.1 Å². The summed E-state index contributed by atoms with van der Waals surface area (Å²) in [4.78, 5) is 0.319. The number of rotatable bonds is 8. The molecular weight excluding hydrogens is 288 g/mol. The van der Waals surface area contributed by atoms with Crippen molar-refractivity contribution in [3.8, 4) is 5.75 Å². The first-order chi connectivity index (χ1) is 9.95. The van der Waals surface area contributed by atoms with Crippen LogP contribution >= 0.6 is 0 Å². The Morgan fingerprint density at radius 2 is 1.95 bits per heavy atom. The van der Waals surface area contributed by atoms with Crippen LogP contribution in [-0.2, 0) is 10.0 Å². The van der Waals surface area contributed by atoms with E-state index in [4.69, 9.17) is 4.74 Å². The lowest BCUT2D eigenvalue weighted by Gasteiger charge is -2.17. The molecule has 1 aromatic carbocycles. The van der Waals surface area contributed by atoms with E-state index in [1.165, 1.54) is 4.31 Å². The summed E-state index contributed by atoms with van der Waals surface area (Å²) in [7, 11) is 0.113. The Labute approximate surface area is 127 Å². The zero-order valence-electron chi connectivity index (χ0n) is 12.9. The zero-order chi connectivity index (χ0) is 15.5. The van der Waals surface area contributed by atoms with Gasteiger partial charge in [-0.05, 0) is 49.6 Å². The average Bonchev–Trinajstić information content (AvgIpc) is 3.15. The second kappa shape index (κ2) is 6.77. The topological polar surface area (TPSA) is 58.6 Å². The van der Waals surface area contributed by atoms with Crippen molar-refractivity contribution < 1.29 is 13.2 Å². The molecule has 5 nitrogen and oxygen atoms in total. The van der Waals surface area contributed by atoms with Gasteiger partial charge in [0.05, 0.1) is 4.90 Å². The molecule has 0 heterocycles. The van der Waals surface area contributed by atoms with Crippen LogP contribution in [0.4, 0.5) is 0 Å². The lowest BCUT2D eigenvalue weighted by molar-refractivity contribution is 0.318. The van der Waals surface area contributed by atoms with Gasteiger partial charge in [-0.2, -0.15) is 0 Å². The first-order valence-electron chi connectivity index (χ1n) is 7.29. The van der Waals surface area contributed by atoms with Crippen molar-refractivity contribution in [3.05, 3.63) is 24.3 Å². The molecule has 0 aliphatic heterocycles. The van der Waals surface area contributed by atoms with Gasteiger partial charge in [-0.3, -0.25) is 0 Å². The van der Waals surface area contributed by atoms with E-state index < -0.39 is 10.0 Å². The third-order valence-electron chi connectivity index (χ3n) is 3.92.